The largest absolute Gasteiger partial charge is 0.392 e. The minimum Gasteiger partial charge on any atom is -0.392 e. The first-order chi connectivity index (χ1) is 10.7. The van der Waals surface area contributed by atoms with Crippen molar-refractivity contribution in [3.05, 3.63) is 47.4 Å². The van der Waals surface area contributed by atoms with Crippen LogP contribution in [0.1, 0.15) is 48.5 Å². The molecular weight excluding hydrogens is 285 g/mol. The van der Waals surface area contributed by atoms with E-state index in [2.05, 4.69) is 15.0 Å². The number of hydrogen-bond acceptors (Lipinski definition) is 5. The van der Waals surface area contributed by atoms with Crippen molar-refractivity contribution in [1.82, 2.24) is 15.0 Å². The Morgan fingerprint density at radius 2 is 2.23 bits per heavy atom. The molecule has 6 heteroatoms. The van der Waals surface area contributed by atoms with Crippen LogP contribution >= 0.6 is 0 Å². The topological polar surface area (TPSA) is 62.4 Å². The second-order valence-electron chi connectivity index (χ2n) is 6.21. The minimum atomic E-state index is -0.418. The predicted molar refractivity (Wildman–Crippen MR) is 76.4 cm³/mol. The maximum absolute atomic E-state index is 13.4. The number of hydrogen-bond donors (Lipinski definition) is 1. The van der Waals surface area contributed by atoms with E-state index in [1.807, 2.05) is 6.07 Å². The van der Waals surface area contributed by atoms with Crippen LogP contribution in [0.4, 0.5) is 4.39 Å². The first-order valence-corrected chi connectivity index (χ1v) is 7.69. The summed E-state index contributed by atoms with van der Waals surface area (Å²) in [5.74, 6) is 1.56. The van der Waals surface area contributed by atoms with E-state index in [4.69, 9.17) is 4.52 Å². The van der Waals surface area contributed by atoms with Gasteiger partial charge in [-0.2, -0.15) is 4.98 Å². The highest BCUT2D eigenvalue weighted by atomic mass is 19.1. The smallest absolute Gasteiger partial charge is 0.240 e. The number of β-amino-alcohol motifs (C(OH)–C–C–N with tert-alkyl or cyclic N) is 1. The molecule has 1 saturated carbocycles. The van der Waals surface area contributed by atoms with Crippen LogP contribution in [0.15, 0.2) is 28.8 Å². The quantitative estimate of drug-likeness (QED) is 0.939. The Balaban J connectivity index is 1.53. The molecule has 22 heavy (non-hydrogen) atoms. The average Bonchev–Trinajstić information content (AvgIpc) is 3.13. The molecule has 0 unspecified atom stereocenters. The van der Waals surface area contributed by atoms with E-state index >= 15 is 0 Å². The number of likely N-dealkylation sites (tertiary alicyclic amines) is 1. The number of aliphatic hydroxyl groups is 1. The van der Waals surface area contributed by atoms with E-state index < -0.39 is 6.10 Å². The molecule has 1 aromatic carbocycles. The third kappa shape index (κ3) is 2.76. The fourth-order valence-electron chi connectivity index (χ4n) is 3.13. The molecule has 1 aromatic heterocycles. The second-order valence-corrected chi connectivity index (χ2v) is 6.21. The predicted octanol–water partition coefficient (Wildman–Crippen LogP) is 2.39. The standard InChI is InChI=1S/C16H18FN3O2/c17-12-3-1-2-11(6-12)14-7-13(21)8-20(14)9-15-18-16(19-22-15)10-4-5-10/h1-3,6,10,13-14,21H,4-5,7-9H2/t13-,14-/m1/s1. The van der Waals surface area contributed by atoms with Gasteiger partial charge in [0.1, 0.15) is 5.82 Å². The number of halogens is 1. The van der Waals surface area contributed by atoms with E-state index in [0.717, 1.165) is 24.2 Å². The molecule has 2 fully saturated rings. The molecule has 2 atom stereocenters. The number of aromatic nitrogens is 2. The lowest BCUT2D eigenvalue weighted by Gasteiger charge is -2.22. The van der Waals surface area contributed by atoms with Gasteiger partial charge in [-0.05, 0) is 37.0 Å². The van der Waals surface area contributed by atoms with E-state index in [-0.39, 0.29) is 11.9 Å². The lowest BCUT2D eigenvalue weighted by Crippen LogP contribution is -2.24. The van der Waals surface area contributed by atoms with Gasteiger partial charge in [0.25, 0.3) is 0 Å². The van der Waals surface area contributed by atoms with Gasteiger partial charge in [0.05, 0.1) is 12.6 Å². The molecule has 0 amide bonds. The molecule has 2 heterocycles. The average molecular weight is 303 g/mol. The molecule has 0 bridgehead atoms. The maximum Gasteiger partial charge on any atom is 0.240 e. The van der Waals surface area contributed by atoms with Gasteiger partial charge in [-0.25, -0.2) is 4.39 Å². The summed E-state index contributed by atoms with van der Waals surface area (Å²) in [6.45, 7) is 1.01. The van der Waals surface area contributed by atoms with Gasteiger partial charge in [0, 0.05) is 18.5 Å². The minimum absolute atomic E-state index is 0.0259. The van der Waals surface area contributed by atoms with Gasteiger partial charge in [0.15, 0.2) is 5.82 Å². The molecule has 1 N–H and O–H groups in total. The summed E-state index contributed by atoms with van der Waals surface area (Å²) in [4.78, 5) is 6.50. The van der Waals surface area contributed by atoms with Crippen LogP contribution in [-0.4, -0.2) is 32.8 Å². The Kier molecular flexibility index (Phi) is 3.43. The fraction of sp³-hybridized carbons (Fsp3) is 0.500. The zero-order valence-electron chi connectivity index (χ0n) is 12.2. The highest BCUT2D eigenvalue weighted by Gasteiger charge is 2.34. The van der Waals surface area contributed by atoms with Crippen molar-refractivity contribution in [3.63, 3.8) is 0 Å². The number of rotatable bonds is 4. The molecule has 2 aliphatic rings. The normalized spacial score (nSPS) is 25.7. The second kappa shape index (κ2) is 5.44. The molecule has 2 aromatic rings. The third-order valence-corrected chi connectivity index (χ3v) is 4.38. The zero-order valence-corrected chi connectivity index (χ0v) is 12.2. The van der Waals surface area contributed by atoms with Gasteiger partial charge in [-0.15, -0.1) is 0 Å². The van der Waals surface area contributed by atoms with Gasteiger partial charge in [-0.3, -0.25) is 4.90 Å². The summed E-state index contributed by atoms with van der Waals surface area (Å²) >= 11 is 0. The Morgan fingerprint density at radius 1 is 1.36 bits per heavy atom. The van der Waals surface area contributed by atoms with E-state index in [9.17, 15) is 9.50 Å². The van der Waals surface area contributed by atoms with Crippen LogP contribution in [0.25, 0.3) is 0 Å². The lowest BCUT2D eigenvalue weighted by molar-refractivity contribution is 0.164. The van der Waals surface area contributed by atoms with Crippen molar-refractivity contribution in [2.75, 3.05) is 6.54 Å². The van der Waals surface area contributed by atoms with Crippen molar-refractivity contribution in [2.45, 2.75) is 43.9 Å². The number of aliphatic hydroxyl groups excluding tert-OH is 1. The lowest BCUT2D eigenvalue weighted by atomic mass is 10.0. The monoisotopic (exact) mass is 303 g/mol. The molecule has 0 spiro atoms. The van der Waals surface area contributed by atoms with Gasteiger partial charge in [0.2, 0.25) is 5.89 Å². The van der Waals surface area contributed by atoms with Crippen LogP contribution in [0.3, 0.4) is 0 Å². The van der Waals surface area contributed by atoms with Crippen LogP contribution in [0.2, 0.25) is 0 Å². The molecule has 4 rings (SSSR count). The SMILES string of the molecule is O[C@@H]1C[C@H](c2cccc(F)c2)N(Cc2nc(C3CC3)no2)C1. The number of nitrogens with zero attached hydrogens (tertiary/aromatic N) is 3. The molecule has 1 aliphatic carbocycles. The Morgan fingerprint density at radius 3 is 3.00 bits per heavy atom. The van der Waals surface area contributed by atoms with E-state index in [1.54, 1.807) is 6.07 Å². The Hall–Kier alpha value is -1.79. The van der Waals surface area contributed by atoms with Crippen molar-refractivity contribution >= 4 is 0 Å². The maximum atomic E-state index is 13.4. The molecule has 1 saturated heterocycles. The first kappa shape index (κ1) is 13.8. The van der Waals surface area contributed by atoms with Crippen molar-refractivity contribution in [1.29, 1.82) is 0 Å². The van der Waals surface area contributed by atoms with Crippen LogP contribution in [-0.2, 0) is 6.54 Å². The van der Waals surface area contributed by atoms with Crippen molar-refractivity contribution < 1.29 is 14.0 Å². The first-order valence-electron chi connectivity index (χ1n) is 7.69. The summed E-state index contributed by atoms with van der Waals surface area (Å²) in [6.07, 6.45) is 2.44. The molecule has 0 radical (unpaired) electrons. The van der Waals surface area contributed by atoms with Gasteiger partial charge < -0.3 is 9.63 Å². The van der Waals surface area contributed by atoms with E-state index in [0.29, 0.717) is 31.3 Å². The molecule has 1 aliphatic heterocycles. The molecule has 116 valence electrons. The Labute approximate surface area is 127 Å². The van der Waals surface area contributed by atoms with Gasteiger partial charge >= 0.3 is 0 Å². The summed E-state index contributed by atoms with van der Waals surface area (Å²) < 4.78 is 18.8. The van der Waals surface area contributed by atoms with E-state index in [1.165, 1.54) is 12.1 Å². The Bertz CT molecular complexity index is 671. The third-order valence-electron chi connectivity index (χ3n) is 4.38. The highest BCUT2D eigenvalue weighted by molar-refractivity contribution is 5.22. The summed E-state index contributed by atoms with van der Waals surface area (Å²) in [7, 11) is 0. The summed E-state index contributed by atoms with van der Waals surface area (Å²) in [6, 6.07) is 6.52. The zero-order chi connectivity index (χ0) is 15.1. The van der Waals surface area contributed by atoms with Crippen LogP contribution in [0, 0.1) is 5.82 Å². The van der Waals surface area contributed by atoms with Crippen molar-refractivity contribution in [3.8, 4) is 0 Å². The van der Waals surface area contributed by atoms with Gasteiger partial charge in [-0.1, -0.05) is 17.3 Å². The summed E-state index contributed by atoms with van der Waals surface area (Å²) in [5.41, 5.74) is 0.874. The fourth-order valence-corrected chi connectivity index (χ4v) is 3.13. The summed E-state index contributed by atoms with van der Waals surface area (Å²) in [5, 5.41) is 14.0. The van der Waals surface area contributed by atoms with Crippen molar-refractivity contribution in [2.24, 2.45) is 0 Å². The number of benzene rings is 1. The van der Waals surface area contributed by atoms with Crippen LogP contribution < -0.4 is 0 Å². The molecule has 5 nitrogen and oxygen atoms in total. The highest BCUT2D eigenvalue weighted by Crippen LogP contribution is 2.38. The molecular formula is C16H18FN3O2. The van der Waals surface area contributed by atoms with Crippen LogP contribution in [0.5, 0.6) is 0 Å².